The first kappa shape index (κ1) is 23.1. The van der Waals surface area contributed by atoms with E-state index in [1.54, 1.807) is 7.11 Å². The van der Waals surface area contributed by atoms with Crippen molar-refractivity contribution in [1.29, 1.82) is 0 Å². The van der Waals surface area contributed by atoms with Crippen molar-refractivity contribution in [2.75, 3.05) is 33.4 Å². The molecule has 2 N–H and O–H groups in total. The van der Waals surface area contributed by atoms with Gasteiger partial charge in [0.15, 0.2) is 0 Å². The van der Waals surface area contributed by atoms with E-state index in [0.717, 1.165) is 41.9 Å². The Hall–Kier alpha value is -3.06. The molecule has 33 heavy (non-hydrogen) atoms. The zero-order chi connectivity index (χ0) is 23.3. The zero-order valence-electron chi connectivity index (χ0n) is 19.1. The molecule has 7 nitrogen and oxygen atoms in total. The van der Waals surface area contributed by atoms with Gasteiger partial charge in [-0.05, 0) is 44.2 Å². The van der Waals surface area contributed by atoms with Crippen molar-refractivity contribution in [3.63, 3.8) is 0 Å². The van der Waals surface area contributed by atoms with E-state index in [1.807, 2.05) is 36.4 Å². The van der Waals surface area contributed by atoms with Crippen LogP contribution in [0.25, 0.3) is 0 Å². The van der Waals surface area contributed by atoms with Gasteiger partial charge in [-0.1, -0.05) is 36.4 Å². The SMILES string of the molecule is COCCCCC1(CNC(=O)C2CCCN(C(=O)O)C2)c2ccccc2Oc2ccccc21. The standard InChI is InChI=1S/C26H32N2O5/c1-32-16-7-6-14-26(18-27-24(29)19-9-8-15-28(17-19)25(30)31)20-10-2-4-12-22(20)33-23-13-5-3-11-21(23)26/h2-5,10-13,19H,6-9,14-18H2,1H3,(H,27,29)(H,30,31). The van der Waals surface area contributed by atoms with Crippen molar-refractivity contribution in [3.8, 4) is 11.5 Å². The van der Waals surface area contributed by atoms with Gasteiger partial charge < -0.3 is 24.8 Å². The lowest BCUT2D eigenvalue weighted by Gasteiger charge is -2.41. The number of nitrogens with zero attached hydrogens (tertiary/aromatic N) is 1. The van der Waals surface area contributed by atoms with Crippen molar-refractivity contribution in [2.45, 2.75) is 37.5 Å². The van der Waals surface area contributed by atoms with E-state index in [2.05, 4.69) is 17.4 Å². The smallest absolute Gasteiger partial charge is 0.407 e. The summed E-state index contributed by atoms with van der Waals surface area (Å²) in [5.74, 6) is 1.21. The second-order valence-electron chi connectivity index (χ2n) is 8.91. The molecule has 2 aromatic carbocycles. The number of para-hydroxylation sites is 2. The molecular weight excluding hydrogens is 420 g/mol. The molecule has 176 valence electrons. The number of piperidine rings is 1. The third kappa shape index (κ3) is 4.83. The monoisotopic (exact) mass is 452 g/mol. The Labute approximate surface area is 194 Å². The molecule has 7 heteroatoms. The first-order valence-electron chi connectivity index (χ1n) is 11.7. The number of ether oxygens (including phenoxy) is 2. The molecule has 2 aliphatic heterocycles. The predicted molar refractivity (Wildman–Crippen MR) is 125 cm³/mol. The highest BCUT2D eigenvalue weighted by Gasteiger charge is 2.42. The minimum absolute atomic E-state index is 0.0846. The predicted octanol–water partition coefficient (Wildman–Crippen LogP) is 4.40. The van der Waals surface area contributed by atoms with Gasteiger partial charge >= 0.3 is 6.09 Å². The molecule has 0 spiro atoms. The highest BCUT2D eigenvalue weighted by molar-refractivity contribution is 5.80. The van der Waals surface area contributed by atoms with E-state index in [4.69, 9.17) is 9.47 Å². The molecule has 2 aliphatic rings. The maximum absolute atomic E-state index is 13.2. The Bertz CT molecular complexity index is 947. The lowest BCUT2D eigenvalue weighted by molar-refractivity contribution is -0.126. The lowest BCUT2D eigenvalue weighted by Crippen LogP contribution is -2.49. The molecule has 0 aliphatic carbocycles. The van der Waals surface area contributed by atoms with Crippen LogP contribution >= 0.6 is 0 Å². The summed E-state index contributed by atoms with van der Waals surface area (Å²) in [6.07, 6.45) is 3.13. The Morgan fingerprint density at radius 2 is 1.79 bits per heavy atom. The quantitative estimate of drug-likeness (QED) is 0.580. The highest BCUT2D eigenvalue weighted by Crippen LogP contribution is 2.50. The van der Waals surface area contributed by atoms with Crippen molar-refractivity contribution in [1.82, 2.24) is 10.2 Å². The number of unbranched alkanes of at least 4 members (excludes halogenated alkanes) is 1. The molecule has 1 atom stereocenters. The second-order valence-corrected chi connectivity index (χ2v) is 8.91. The summed E-state index contributed by atoms with van der Waals surface area (Å²) in [6, 6.07) is 16.1. The summed E-state index contributed by atoms with van der Waals surface area (Å²) >= 11 is 0. The van der Waals surface area contributed by atoms with Gasteiger partial charge in [0.1, 0.15) is 11.5 Å². The second kappa shape index (κ2) is 10.3. The van der Waals surface area contributed by atoms with E-state index in [9.17, 15) is 14.7 Å². The maximum Gasteiger partial charge on any atom is 0.407 e. The van der Waals surface area contributed by atoms with Crippen LogP contribution in [0.15, 0.2) is 48.5 Å². The number of likely N-dealkylation sites (tertiary alicyclic amines) is 1. The third-order valence-corrected chi connectivity index (χ3v) is 6.85. The van der Waals surface area contributed by atoms with Crippen LogP contribution in [-0.2, 0) is 14.9 Å². The fourth-order valence-corrected chi connectivity index (χ4v) is 5.13. The minimum Gasteiger partial charge on any atom is -0.465 e. The summed E-state index contributed by atoms with van der Waals surface area (Å²) in [6.45, 7) is 1.86. The summed E-state index contributed by atoms with van der Waals surface area (Å²) in [5.41, 5.74) is 1.70. The van der Waals surface area contributed by atoms with Crippen molar-refractivity contribution in [3.05, 3.63) is 59.7 Å². The van der Waals surface area contributed by atoms with E-state index in [0.29, 0.717) is 32.5 Å². The molecule has 1 unspecified atom stereocenters. The number of benzene rings is 2. The topological polar surface area (TPSA) is 88.1 Å². The number of carboxylic acid groups (broad SMARTS) is 1. The molecule has 4 rings (SSSR count). The summed E-state index contributed by atoms with van der Waals surface area (Å²) < 4.78 is 11.5. The van der Waals surface area contributed by atoms with Crippen LogP contribution in [-0.4, -0.2) is 55.4 Å². The van der Waals surface area contributed by atoms with Crippen LogP contribution in [0.5, 0.6) is 11.5 Å². The molecule has 1 saturated heterocycles. The number of hydrogen-bond acceptors (Lipinski definition) is 4. The number of fused-ring (bicyclic) bond motifs is 2. The van der Waals surface area contributed by atoms with Crippen LogP contribution in [0.3, 0.4) is 0 Å². The summed E-state index contributed by atoms with van der Waals surface area (Å²) in [4.78, 5) is 25.9. The van der Waals surface area contributed by atoms with Crippen molar-refractivity contribution >= 4 is 12.0 Å². The van der Waals surface area contributed by atoms with E-state index >= 15 is 0 Å². The highest BCUT2D eigenvalue weighted by atomic mass is 16.5. The number of amides is 2. The number of carbonyl (C=O) groups excluding carboxylic acids is 1. The fourth-order valence-electron chi connectivity index (χ4n) is 5.13. The molecule has 2 aromatic rings. The summed E-state index contributed by atoms with van der Waals surface area (Å²) in [5, 5.41) is 12.5. The van der Waals surface area contributed by atoms with E-state index in [-0.39, 0.29) is 18.4 Å². The molecule has 2 amide bonds. The fraction of sp³-hybridized carbons (Fsp3) is 0.462. The van der Waals surface area contributed by atoms with Crippen LogP contribution < -0.4 is 10.1 Å². The van der Waals surface area contributed by atoms with Gasteiger partial charge in [0.05, 0.1) is 5.92 Å². The molecule has 1 fully saturated rings. The normalized spacial score (nSPS) is 18.6. The van der Waals surface area contributed by atoms with Gasteiger partial charge in [-0.15, -0.1) is 0 Å². The lowest BCUT2D eigenvalue weighted by atomic mass is 9.69. The first-order valence-corrected chi connectivity index (χ1v) is 11.7. The molecule has 0 bridgehead atoms. The van der Waals surface area contributed by atoms with Gasteiger partial charge in [0.25, 0.3) is 0 Å². The first-order chi connectivity index (χ1) is 16.0. The number of hydrogen-bond donors (Lipinski definition) is 2. The Kier molecular flexibility index (Phi) is 7.18. The molecular formula is C26H32N2O5. The Morgan fingerprint density at radius 3 is 2.42 bits per heavy atom. The largest absolute Gasteiger partial charge is 0.465 e. The molecule has 0 saturated carbocycles. The molecule has 0 aromatic heterocycles. The van der Waals surface area contributed by atoms with Gasteiger partial charge in [0.2, 0.25) is 5.91 Å². The molecule has 2 heterocycles. The summed E-state index contributed by atoms with van der Waals surface area (Å²) in [7, 11) is 1.71. The number of rotatable bonds is 8. The minimum atomic E-state index is -0.964. The van der Waals surface area contributed by atoms with E-state index in [1.165, 1.54) is 4.90 Å². The van der Waals surface area contributed by atoms with Crippen LogP contribution in [0.2, 0.25) is 0 Å². The zero-order valence-corrected chi connectivity index (χ0v) is 19.1. The van der Waals surface area contributed by atoms with Gasteiger partial charge in [-0.2, -0.15) is 0 Å². The van der Waals surface area contributed by atoms with Crippen molar-refractivity contribution < 1.29 is 24.2 Å². The van der Waals surface area contributed by atoms with Gasteiger partial charge in [-0.25, -0.2) is 4.79 Å². The number of carbonyl (C=O) groups is 2. The van der Waals surface area contributed by atoms with Crippen LogP contribution in [0.1, 0.15) is 43.2 Å². The van der Waals surface area contributed by atoms with Crippen LogP contribution in [0.4, 0.5) is 4.79 Å². The third-order valence-electron chi connectivity index (χ3n) is 6.85. The molecule has 0 radical (unpaired) electrons. The maximum atomic E-state index is 13.2. The Morgan fingerprint density at radius 1 is 1.12 bits per heavy atom. The average molecular weight is 453 g/mol. The number of methoxy groups -OCH3 is 1. The van der Waals surface area contributed by atoms with Crippen molar-refractivity contribution in [2.24, 2.45) is 5.92 Å². The number of nitrogens with one attached hydrogen (secondary N) is 1. The van der Waals surface area contributed by atoms with Crippen LogP contribution in [0, 0.1) is 5.92 Å². The Balaban J connectivity index is 1.62. The van der Waals surface area contributed by atoms with Gasteiger partial charge in [-0.3, -0.25) is 4.79 Å². The van der Waals surface area contributed by atoms with E-state index < -0.39 is 11.5 Å². The van der Waals surface area contributed by atoms with Gasteiger partial charge in [0, 0.05) is 49.9 Å². The average Bonchev–Trinajstić information content (AvgIpc) is 2.85.